The summed E-state index contributed by atoms with van der Waals surface area (Å²) in [7, 11) is 0. The highest BCUT2D eigenvalue weighted by atomic mass is 79.9. The van der Waals surface area contributed by atoms with Crippen molar-refractivity contribution in [2.45, 2.75) is 0 Å². The molecular weight excluding hydrogens is 272 g/mol. The molecule has 3 N–H and O–H groups in total. The van der Waals surface area contributed by atoms with Crippen LogP contribution in [0, 0.1) is 11.6 Å². The Morgan fingerprint density at radius 2 is 2.20 bits per heavy atom. The molecule has 0 saturated heterocycles. The second-order valence-corrected chi connectivity index (χ2v) is 3.32. The first-order valence-electron chi connectivity index (χ1n) is 3.73. The molecule has 7 heteroatoms. The maximum Gasteiger partial charge on any atom is 0.332 e. The predicted octanol–water partition coefficient (Wildman–Crippen LogP) is 1.73. The fourth-order valence-electron chi connectivity index (χ4n) is 0.835. The molecule has 0 fully saturated rings. The maximum absolute atomic E-state index is 13.0. The van der Waals surface area contributed by atoms with Gasteiger partial charge in [-0.25, -0.2) is 19.0 Å². The van der Waals surface area contributed by atoms with Crippen LogP contribution in [0.4, 0.5) is 13.6 Å². The smallest absolute Gasteiger partial charge is 0.332 e. The summed E-state index contributed by atoms with van der Waals surface area (Å²) in [5.41, 5.74) is 6.79. The van der Waals surface area contributed by atoms with E-state index < -0.39 is 17.7 Å². The molecule has 0 atom stereocenters. The molecule has 0 unspecified atom stereocenters. The van der Waals surface area contributed by atoms with Gasteiger partial charge >= 0.3 is 6.03 Å². The molecule has 0 aromatic heterocycles. The van der Waals surface area contributed by atoms with Crippen molar-refractivity contribution in [3.63, 3.8) is 0 Å². The van der Waals surface area contributed by atoms with Gasteiger partial charge in [-0.05, 0) is 22.0 Å². The van der Waals surface area contributed by atoms with Crippen molar-refractivity contribution in [2.75, 3.05) is 0 Å². The van der Waals surface area contributed by atoms with E-state index in [-0.39, 0.29) is 10.0 Å². The van der Waals surface area contributed by atoms with Crippen molar-refractivity contribution in [3.05, 3.63) is 33.8 Å². The fourth-order valence-corrected chi connectivity index (χ4v) is 1.17. The normalized spacial score (nSPS) is 10.6. The van der Waals surface area contributed by atoms with Gasteiger partial charge in [-0.15, -0.1) is 0 Å². The standard InChI is InChI=1S/C8H6BrF2N3O/c9-7-4(3-13-14-8(12)15)1-5(10)2-6(7)11/h1-3H,(H3,12,14,15). The molecule has 0 heterocycles. The number of amides is 2. The number of hydrazone groups is 1. The lowest BCUT2D eigenvalue weighted by Gasteiger charge is -2.00. The average Bonchev–Trinajstić information content (AvgIpc) is 2.12. The molecule has 0 radical (unpaired) electrons. The van der Waals surface area contributed by atoms with Crippen molar-refractivity contribution < 1.29 is 13.6 Å². The summed E-state index contributed by atoms with van der Waals surface area (Å²) in [6.07, 6.45) is 1.07. The molecule has 1 aromatic rings. The van der Waals surface area contributed by atoms with Crippen molar-refractivity contribution in [1.82, 2.24) is 5.43 Å². The molecule has 15 heavy (non-hydrogen) atoms. The first-order valence-corrected chi connectivity index (χ1v) is 4.53. The minimum atomic E-state index is -0.862. The summed E-state index contributed by atoms with van der Waals surface area (Å²) in [6.45, 7) is 0. The van der Waals surface area contributed by atoms with Gasteiger partial charge in [-0.3, -0.25) is 0 Å². The predicted molar refractivity (Wildman–Crippen MR) is 54.4 cm³/mol. The van der Waals surface area contributed by atoms with Crippen LogP contribution in [0.1, 0.15) is 5.56 Å². The quantitative estimate of drug-likeness (QED) is 0.483. The minimum absolute atomic E-state index is 0.0546. The molecule has 0 spiro atoms. The number of nitrogens with two attached hydrogens (primary N) is 1. The van der Waals surface area contributed by atoms with E-state index in [1.807, 2.05) is 5.43 Å². The number of rotatable bonds is 2. The van der Waals surface area contributed by atoms with Crippen LogP contribution in [-0.2, 0) is 0 Å². The summed E-state index contributed by atoms with van der Waals surface area (Å²) in [5, 5.41) is 3.37. The molecule has 0 aliphatic heterocycles. The highest BCUT2D eigenvalue weighted by molar-refractivity contribution is 9.10. The molecule has 1 rings (SSSR count). The molecule has 4 nitrogen and oxygen atoms in total. The third kappa shape index (κ3) is 3.28. The van der Waals surface area contributed by atoms with Crippen LogP contribution in [0.25, 0.3) is 0 Å². The number of carbonyl (C=O) groups is 1. The van der Waals surface area contributed by atoms with E-state index in [0.29, 0.717) is 0 Å². The first kappa shape index (κ1) is 11.6. The summed E-state index contributed by atoms with van der Waals surface area (Å²) in [5.74, 6) is -1.49. The van der Waals surface area contributed by atoms with E-state index in [9.17, 15) is 13.6 Å². The van der Waals surface area contributed by atoms with E-state index in [0.717, 1.165) is 18.3 Å². The van der Waals surface area contributed by atoms with Gasteiger partial charge in [0.25, 0.3) is 0 Å². The van der Waals surface area contributed by atoms with Crippen LogP contribution in [0.15, 0.2) is 21.7 Å². The van der Waals surface area contributed by atoms with E-state index in [1.165, 1.54) is 0 Å². The van der Waals surface area contributed by atoms with E-state index in [2.05, 4.69) is 21.0 Å². The van der Waals surface area contributed by atoms with Crippen LogP contribution in [0.5, 0.6) is 0 Å². The number of benzene rings is 1. The summed E-state index contributed by atoms with van der Waals surface area (Å²) >= 11 is 2.90. The average molecular weight is 278 g/mol. The Bertz CT molecular complexity index is 423. The largest absolute Gasteiger partial charge is 0.350 e. The number of hydrogen-bond donors (Lipinski definition) is 2. The van der Waals surface area contributed by atoms with Crippen LogP contribution in [0.3, 0.4) is 0 Å². The lowest BCUT2D eigenvalue weighted by Crippen LogP contribution is -2.24. The zero-order valence-electron chi connectivity index (χ0n) is 7.30. The maximum atomic E-state index is 13.0. The molecule has 0 aliphatic rings. The number of carbonyl (C=O) groups excluding carboxylic acids is 1. The molecule has 0 saturated carbocycles. The molecule has 2 amide bonds. The Labute approximate surface area is 92.3 Å². The number of halogens is 3. The van der Waals surface area contributed by atoms with Crippen LogP contribution < -0.4 is 11.2 Å². The van der Waals surface area contributed by atoms with Gasteiger partial charge in [0.2, 0.25) is 0 Å². The van der Waals surface area contributed by atoms with Crippen LogP contribution in [0.2, 0.25) is 0 Å². The number of nitrogens with one attached hydrogen (secondary N) is 1. The Kier molecular flexibility index (Phi) is 3.73. The lowest BCUT2D eigenvalue weighted by atomic mass is 10.2. The monoisotopic (exact) mass is 277 g/mol. The van der Waals surface area contributed by atoms with Gasteiger partial charge in [-0.1, -0.05) is 0 Å². The van der Waals surface area contributed by atoms with Gasteiger partial charge in [0.1, 0.15) is 11.6 Å². The van der Waals surface area contributed by atoms with Gasteiger partial charge in [-0.2, -0.15) is 5.10 Å². The van der Waals surface area contributed by atoms with Crippen molar-refractivity contribution in [2.24, 2.45) is 10.8 Å². The zero-order chi connectivity index (χ0) is 11.4. The van der Waals surface area contributed by atoms with Gasteiger partial charge in [0.15, 0.2) is 0 Å². The summed E-state index contributed by atoms with van der Waals surface area (Å²) in [6, 6.07) is 0.918. The molecule has 80 valence electrons. The number of urea groups is 1. The lowest BCUT2D eigenvalue weighted by molar-refractivity contribution is 0.249. The second kappa shape index (κ2) is 4.83. The van der Waals surface area contributed by atoms with E-state index in [1.54, 1.807) is 0 Å². The fraction of sp³-hybridized carbons (Fsp3) is 0. The number of nitrogens with zero attached hydrogens (tertiary/aromatic N) is 1. The minimum Gasteiger partial charge on any atom is -0.350 e. The highest BCUT2D eigenvalue weighted by Gasteiger charge is 2.06. The zero-order valence-corrected chi connectivity index (χ0v) is 8.88. The SMILES string of the molecule is NC(=O)NN=Cc1cc(F)cc(F)c1Br. The first-order chi connectivity index (χ1) is 7.00. The summed E-state index contributed by atoms with van der Waals surface area (Å²) < 4.78 is 25.8. The Balaban J connectivity index is 2.94. The Hall–Kier alpha value is -1.50. The van der Waals surface area contributed by atoms with Crippen LogP contribution >= 0.6 is 15.9 Å². The molecule has 0 bridgehead atoms. The topological polar surface area (TPSA) is 67.5 Å². The van der Waals surface area contributed by atoms with Crippen molar-refractivity contribution in [3.8, 4) is 0 Å². The molecular formula is C8H6BrF2N3O. The Morgan fingerprint density at radius 3 is 2.80 bits per heavy atom. The number of primary amides is 1. The van der Waals surface area contributed by atoms with Gasteiger partial charge < -0.3 is 5.73 Å². The van der Waals surface area contributed by atoms with Gasteiger partial charge in [0, 0.05) is 11.6 Å². The third-order valence-corrected chi connectivity index (χ3v) is 2.24. The number of hydrogen-bond acceptors (Lipinski definition) is 2. The van der Waals surface area contributed by atoms with E-state index in [4.69, 9.17) is 5.73 Å². The second-order valence-electron chi connectivity index (χ2n) is 2.53. The highest BCUT2D eigenvalue weighted by Crippen LogP contribution is 2.20. The third-order valence-electron chi connectivity index (χ3n) is 1.40. The van der Waals surface area contributed by atoms with E-state index >= 15 is 0 Å². The van der Waals surface area contributed by atoms with Crippen molar-refractivity contribution in [1.29, 1.82) is 0 Å². The van der Waals surface area contributed by atoms with Crippen molar-refractivity contribution >= 4 is 28.2 Å². The molecule has 1 aromatic carbocycles. The van der Waals surface area contributed by atoms with Gasteiger partial charge in [0.05, 0.1) is 10.7 Å². The Morgan fingerprint density at radius 1 is 1.53 bits per heavy atom. The van der Waals surface area contributed by atoms with Crippen LogP contribution in [-0.4, -0.2) is 12.2 Å². The summed E-state index contributed by atoms with van der Waals surface area (Å²) in [4.78, 5) is 10.2. The molecule has 0 aliphatic carbocycles.